The molecule has 0 spiro atoms. The molecule has 1 aliphatic heterocycles. The molecule has 0 saturated carbocycles. The van der Waals surface area contributed by atoms with Crippen LogP contribution in [-0.2, 0) is 9.59 Å². The Kier molecular flexibility index (Phi) is 5.29. The average Bonchev–Trinajstić information content (AvgIpc) is 2.90. The van der Waals surface area contributed by atoms with Crippen LogP contribution in [0.5, 0.6) is 0 Å². The van der Waals surface area contributed by atoms with Crippen LogP contribution in [-0.4, -0.2) is 41.3 Å². The second-order valence-corrected chi connectivity index (χ2v) is 4.70. The number of amides is 2. The highest BCUT2D eigenvalue weighted by Crippen LogP contribution is 2.20. The molecule has 21 heavy (non-hydrogen) atoms. The van der Waals surface area contributed by atoms with Gasteiger partial charge in [-0.3, -0.25) is 9.59 Å². The summed E-state index contributed by atoms with van der Waals surface area (Å²) in [6, 6.07) is -0.399. The van der Waals surface area contributed by atoms with Crippen LogP contribution in [0.1, 0.15) is 26.7 Å². The number of nitriles is 1. The second-order valence-electron chi connectivity index (χ2n) is 4.70. The minimum absolute atomic E-state index is 0.211. The van der Waals surface area contributed by atoms with Crippen molar-refractivity contribution in [2.45, 2.75) is 44.9 Å². The molecule has 0 bridgehead atoms. The van der Waals surface area contributed by atoms with Crippen LogP contribution in [0.2, 0.25) is 0 Å². The maximum atomic E-state index is 12.3. The van der Waals surface area contributed by atoms with Gasteiger partial charge in [-0.1, -0.05) is 20.3 Å². The van der Waals surface area contributed by atoms with E-state index in [2.05, 4.69) is 5.10 Å². The molecular formula is C12H15F3N4O2. The Morgan fingerprint density at radius 1 is 1.57 bits per heavy atom. The molecule has 1 rings (SSSR count). The van der Waals surface area contributed by atoms with Crippen molar-refractivity contribution in [3.05, 3.63) is 0 Å². The van der Waals surface area contributed by atoms with Crippen LogP contribution >= 0.6 is 0 Å². The minimum Gasteiger partial charge on any atom is -0.336 e. The van der Waals surface area contributed by atoms with Gasteiger partial charge >= 0.3 is 12.1 Å². The lowest BCUT2D eigenvalue weighted by Crippen LogP contribution is -2.54. The van der Waals surface area contributed by atoms with Crippen molar-refractivity contribution in [1.29, 1.82) is 5.26 Å². The van der Waals surface area contributed by atoms with Crippen molar-refractivity contribution in [1.82, 2.24) is 10.3 Å². The highest BCUT2D eigenvalue weighted by atomic mass is 19.4. The molecule has 0 aromatic heterocycles. The van der Waals surface area contributed by atoms with E-state index in [-0.39, 0.29) is 6.42 Å². The molecule has 116 valence electrons. The average molecular weight is 304 g/mol. The Morgan fingerprint density at radius 3 is 2.67 bits per heavy atom. The number of carbonyl (C=O) groups is 2. The van der Waals surface area contributed by atoms with E-state index in [0.717, 1.165) is 5.01 Å². The summed E-state index contributed by atoms with van der Waals surface area (Å²) in [6.45, 7) is 3.22. The number of nitrogens with zero attached hydrogens (tertiary/aromatic N) is 3. The van der Waals surface area contributed by atoms with Crippen molar-refractivity contribution < 1.29 is 22.8 Å². The van der Waals surface area contributed by atoms with Gasteiger partial charge in [-0.05, 0) is 5.92 Å². The summed E-state index contributed by atoms with van der Waals surface area (Å²) < 4.78 is 37.0. The molecular weight excluding hydrogens is 289 g/mol. The first kappa shape index (κ1) is 16.9. The lowest BCUT2D eigenvalue weighted by Gasteiger charge is -2.27. The van der Waals surface area contributed by atoms with Crippen LogP contribution in [0, 0.1) is 17.2 Å². The maximum absolute atomic E-state index is 12.3. The zero-order valence-electron chi connectivity index (χ0n) is 11.5. The Morgan fingerprint density at radius 2 is 2.19 bits per heavy atom. The molecule has 1 unspecified atom stereocenters. The molecule has 9 heteroatoms. The summed E-state index contributed by atoms with van der Waals surface area (Å²) in [6.07, 6.45) is -3.15. The van der Waals surface area contributed by atoms with Crippen LogP contribution in [0.15, 0.2) is 5.10 Å². The van der Waals surface area contributed by atoms with E-state index in [1.807, 2.05) is 6.07 Å². The molecule has 0 aromatic carbocycles. The largest absolute Gasteiger partial charge is 0.471 e. The smallest absolute Gasteiger partial charge is 0.336 e. The predicted octanol–water partition coefficient (Wildman–Crippen LogP) is 1.19. The zero-order chi connectivity index (χ0) is 16.2. The molecule has 1 heterocycles. The first-order valence-electron chi connectivity index (χ1n) is 6.35. The van der Waals surface area contributed by atoms with E-state index in [4.69, 9.17) is 5.26 Å². The number of nitrogens with one attached hydrogen (secondary N) is 1. The summed E-state index contributed by atoms with van der Waals surface area (Å²) in [5.41, 5.74) is 0. The molecule has 0 fully saturated rings. The standard InChI is InChI=1S/C12H15F3N4O2/c1-3-7(2)9(18-11(21)12(13,14)15)10(20)19-8(6-16)4-5-17-19/h5,7-9H,3-4H2,1-2H3,(H,18,21)/t7-,8?,9+/m1/s1. The normalized spacial score (nSPS) is 20.8. The molecule has 0 saturated heterocycles. The number of hydrogen-bond donors (Lipinski definition) is 1. The number of alkyl halides is 3. The quantitative estimate of drug-likeness (QED) is 0.846. The first-order valence-corrected chi connectivity index (χ1v) is 6.35. The van der Waals surface area contributed by atoms with Crippen LogP contribution < -0.4 is 5.32 Å². The molecule has 2 amide bonds. The second kappa shape index (κ2) is 6.56. The van der Waals surface area contributed by atoms with Crippen molar-refractivity contribution in [2.24, 2.45) is 11.0 Å². The number of hydrogen-bond acceptors (Lipinski definition) is 4. The summed E-state index contributed by atoms with van der Waals surface area (Å²) in [4.78, 5) is 23.3. The van der Waals surface area contributed by atoms with Gasteiger partial charge in [0.2, 0.25) is 0 Å². The Hall–Kier alpha value is -2.11. The Balaban J connectivity index is 2.93. The minimum atomic E-state index is -5.07. The fourth-order valence-electron chi connectivity index (χ4n) is 1.78. The Bertz CT molecular complexity index is 484. The van der Waals surface area contributed by atoms with Gasteiger partial charge in [0.05, 0.1) is 6.07 Å². The summed E-state index contributed by atoms with van der Waals surface area (Å²) in [5, 5.41) is 15.1. The lowest BCUT2D eigenvalue weighted by atomic mass is 9.97. The van der Waals surface area contributed by atoms with Gasteiger partial charge in [-0.2, -0.15) is 23.5 Å². The number of carbonyl (C=O) groups excluding carboxylic acids is 2. The maximum Gasteiger partial charge on any atom is 0.471 e. The fourth-order valence-corrected chi connectivity index (χ4v) is 1.78. The van der Waals surface area contributed by atoms with Gasteiger partial charge in [0.15, 0.2) is 0 Å². The van der Waals surface area contributed by atoms with Crippen molar-refractivity contribution in [2.75, 3.05) is 0 Å². The summed E-state index contributed by atoms with van der Waals surface area (Å²) >= 11 is 0. The van der Waals surface area contributed by atoms with Gasteiger partial charge in [0.1, 0.15) is 12.1 Å². The molecule has 3 atom stereocenters. The van der Waals surface area contributed by atoms with Crippen LogP contribution in [0.3, 0.4) is 0 Å². The van der Waals surface area contributed by atoms with Crippen molar-refractivity contribution in [3.8, 4) is 6.07 Å². The van der Waals surface area contributed by atoms with E-state index in [9.17, 15) is 22.8 Å². The Labute approximate surface area is 119 Å². The van der Waals surface area contributed by atoms with E-state index >= 15 is 0 Å². The third kappa shape index (κ3) is 3.93. The van der Waals surface area contributed by atoms with Crippen LogP contribution in [0.4, 0.5) is 13.2 Å². The SMILES string of the molecule is CC[C@@H](C)[C@H](NC(=O)C(F)(F)F)C(=O)N1N=CCC1C#N. The first-order chi connectivity index (χ1) is 9.72. The highest BCUT2D eigenvalue weighted by Gasteiger charge is 2.43. The molecule has 0 radical (unpaired) electrons. The molecule has 0 aliphatic carbocycles. The van der Waals surface area contributed by atoms with Gasteiger partial charge < -0.3 is 5.32 Å². The molecule has 1 aliphatic rings. The number of hydrazone groups is 1. The van der Waals surface area contributed by atoms with Crippen molar-refractivity contribution in [3.63, 3.8) is 0 Å². The summed E-state index contributed by atoms with van der Waals surface area (Å²) in [5.74, 6) is -3.53. The monoisotopic (exact) mass is 304 g/mol. The van der Waals surface area contributed by atoms with Gasteiger partial charge in [-0.25, -0.2) is 5.01 Å². The zero-order valence-corrected chi connectivity index (χ0v) is 11.5. The van der Waals surface area contributed by atoms with Crippen LogP contribution in [0.25, 0.3) is 0 Å². The molecule has 1 N–H and O–H groups in total. The predicted molar refractivity (Wildman–Crippen MR) is 66.8 cm³/mol. The van der Waals surface area contributed by atoms with Crippen molar-refractivity contribution >= 4 is 18.0 Å². The lowest BCUT2D eigenvalue weighted by molar-refractivity contribution is -0.175. The van der Waals surface area contributed by atoms with Gasteiger partial charge in [0, 0.05) is 12.6 Å². The van der Waals surface area contributed by atoms with Gasteiger partial charge in [-0.15, -0.1) is 0 Å². The third-order valence-corrected chi connectivity index (χ3v) is 3.23. The van der Waals surface area contributed by atoms with E-state index in [0.29, 0.717) is 6.42 Å². The van der Waals surface area contributed by atoms with E-state index in [1.165, 1.54) is 6.21 Å². The van der Waals surface area contributed by atoms with E-state index < -0.39 is 36.0 Å². The number of halogens is 3. The summed E-state index contributed by atoms with van der Waals surface area (Å²) in [7, 11) is 0. The topological polar surface area (TPSA) is 85.6 Å². The van der Waals surface area contributed by atoms with Gasteiger partial charge in [0.25, 0.3) is 5.91 Å². The highest BCUT2D eigenvalue weighted by molar-refractivity contribution is 5.91. The molecule has 6 nitrogen and oxygen atoms in total. The fraction of sp³-hybridized carbons (Fsp3) is 0.667. The number of rotatable bonds is 4. The molecule has 0 aromatic rings. The third-order valence-electron chi connectivity index (χ3n) is 3.23. The van der Waals surface area contributed by atoms with E-state index in [1.54, 1.807) is 19.2 Å².